The minimum absolute atomic E-state index is 0.0742. The maximum absolute atomic E-state index is 13.0. The molecule has 0 radical (unpaired) electrons. The molecule has 5 rings (SSSR count). The monoisotopic (exact) mass is 604 g/mol. The number of nitrogens with zero attached hydrogens (tertiary/aromatic N) is 4. The van der Waals surface area contributed by atoms with Gasteiger partial charge in [-0.05, 0) is 94.0 Å². The second-order valence-corrected chi connectivity index (χ2v) is 12.8. The maximum Gasteiger partial charge on any atom is 0.407 e. The van der Waals surface area contributed by atoms with Gasteiger partial charge in [0, 0.05) is 79.5 Å². The highest BCUT2D eigenvalue weighted by Crippen LogP contribution is 2.29. The van der Waals surface area contributed by atoms with Crippen molar-refractivity contribution in [1.82, 2.24) is 25.5 Å². The number of rotatable bonds is 7. The van der Waals surface area contributed by atoms with Gasteiger partial charge in [-0.2, -0.15) is 0 Å². The second-order valence-electron chi connectivity index (χ2n) is 12.4. The van der Waals surface area contributed by atoms with Crippen LogP contribution in [0.4, 0.5) is 10.6 Å². The molecule has 2 N–H and O–H groups in total. The SMILES string of the molecule is CC(C)(C)OC(=O)NC1CCN(c2ccc(CN3CCC(NC(=O)c4ccc(Cl)c(-c5ccncc5)c4)CC3)cn2)CC1. The summed E-state index contributed by atoms with van der Waals surface area (Å²) in [6, 6.07) is 13.7. The van der Waals surface area contributed by atoms with E-state index in [0.717, 1.165) is 75.4 Å². The Balaban J connectivity index is 1.05. The number of ether oxygens (including phenoxy) is 1. The highest BCUT2D eigenvalue weighted by molar-refractivity contribution is 6.33. The number of hydrogen-bond acceptors (Lipinski definition) is 7. The lowest BCUT2D eigenvalue weighted by Gasteiger charge is -2.34. The Labute approximate surface area is 259 Å². The van der Waals surface area contributed by atoms with Crippen molar-refractivity contribution in [3.05, 3.63) is 77.2 Å². The quantitative estimate of drug-likeness (QED) is 0.358. The van der Waals surface area contributed by atoms with Crippen molar-refractivity contribution in [1.29, 1.82) is 0 Å². The molecule has 1 aromatic carbocycles. The van der Waals surface area contributed by atoms with Crippen molar-refractivity contribution in [2.24, 2.45) is 0 Å². The van der Waals surface area contributed by atoms with Gasteiger partial charge in [0.05, 0.1) is 0 Å². The van der Waals surface area contributed by atoms with Crippen LogP contribution in [0.3, 0.4) is 0 Å². The summed E-state index contributed by atoms with van der Waals surface area (Å²) in [4.78, 5) is 38.6. The van der Waals surface area contributed by atoms with Gasteiger partial charge in [0.1, 0.15) is 11.4 Å². The molecule has 0 spiro atoms. The Morgan fingerprint density at radius 2 is 1.60 bits per heavy atom. The summed E-state index contributed by atoms with van der Waals surface area (Å²) in [7, 11) is 0. The van der Waals surface area contributed by atoms with Crippen LogP contribution in [0.2, 0.25) is 5.02 Å². The molecule has 43 heavy (non-hydrogen) atoms. The standard InChI is InChI=1S/C33H41ClN6O3/c1-33(2,3)43-32(42)38-27-12-18-40(19-13-27)30-7-4-23(21-36-30)22-39-16-10-26(11-17-39)37-31(41)25-5-6-29(34)28(20-25)24-8-14-35-15-9-24/h4-9,14-15,20-21,26-27H,10-13,16-19,22H2,1-3H3,(H,37,41)(H,38,42). The van der Waals surface area contributed by atoms with Gasteiger partial charge in [0.25, 0.3) is 5.91 Å². The molecule has 0 aliphatic carbocycles. The third kappa shape index (κ3) is 8.67. The first-order valence-corrected chi connectivity index (χ1v) is 15.4. The lowest BCUT2D eigenvalue weighted by Crippen LogP contribution is -2.46. The largest absolute Gasteiger partial charge is 0.444 e. The molecule has 2 aliphatic rings. The topological polar surface area (TPSA) is 99.7 Å². The van der Waals surface area contributed by atoms with E-state index in [0.29, 0.717) is 10.6 Å². The Hall–Kier alpha value is -3.69. The molecule has 4 heterocycles. The molecule has 3 aromatic rings. The maximum atomic E-state index is 13.0. The van der Waals surface area contributed by atoms with Crippen molar-refractivity contribution in [3.8, 4) is 11.1 Å². The molecule has 2 amide bonds. The van der Waals surface area contributed by atoms with Gasteiger partial charge in [0.15, 0.2) is 0 Å². The Morgan fingerprint density at radius 1 is 0.930 bits per heavy atom. The molecule has 0 unspecified atom stereocenters. The molecular weight excluding hydrogens is 564 g/mol. The van der Waals surface area contributed by atoms with Crippen LogP contribution in [-0.4, -0.2) is 70.7 Å². The number of halogens is 1. The molecule has 2 saturated heterocycles. The van der Waals surface area contributed by atoms with E-state index in [-0.39, 0.29) is 24.1 Å². The number of amides is 2. The number of pyridine rings is 2. The predicted molar refractivity (Wildman–Crippen MR) is 169 cm³/mol. The number of hydrogen-bond donors (Lipinski definition) is 2. The van der Waals surface area contributed by atoms with Crippen LogP contribution in [0.25, 0.3) is 11.1 Å². The van der Waals surface area contributed by atoms with Gasteiger partial charge >= 0.3 is 6.09 Å². The summed E-state index contributed by atoms with van der Waals surface area (Å²) in [5.41, 5.74) is 3.05. The normalized spacial score (nSPS) is 17.0. The van der Waals surface area contributed by atoms with Gasteiger partial charge in [-0.3, -0.25) is 14.7 Å². The first-order chi connectivity index (χ1) is 20.6. The molecule has 2 fully saturated rings. The summed E-state index contributed by atoms with van der Waals surface area (Å²) >= 11 is 6.41. The van der Waals surface area contributed by atoms with Crippen molar-refractivity contribution < 1.29 is 14.3 Å². The summed E-state index contributed by atoms with van der Waals surface area (Å²) in [6.45, 7) is 9.95. The number of benzene rings is 1. The molecular formula is C33H41ClN6O3. The number of piperidine rings is 2. The van der Waals surface area contributed by atoms with Crippen LogP contribution >= 0.6 is 11.6 Å². The first kappa shape index (κ1) is 30.8. The van der Waals surface area contributed by atoms with Crippen LogP contribution in [-0.2, 0) is 11.3 Å². The van der Waals surface area contributed by atoms with Gasteiger partial charge in [-0.15, -0.1) is 0 Å². The van der Waals surface area contributed by atoms with Gasteiger partial charge in [0.2, 0.25) is 0 Å². The third-order valence-electron chi connectivity index (χ3n) is 7.90. The third-order valence-corrected chi connectivity index (χ3v) is 8.23. The summed E-state index contributed by atoms with van der Waals surface area (Å²) in [5, 5.41) is 6.81. The highest BCUT2D eigenvalue weighted by Gasteiger charge is 2.25. The number of anilines is 1. The zero-order chi connectivity index (χ0) is 30.4. The van der Waals surface area contributed by atoms with Crippen molar-refractivity contribution >= 4 is 29.4 Å². The number of carbonyl (C=O) groups excluding carboxylic acids is 2. The van der Waals surface area contributed by atoms with Gasteiger partial charge in [-0.25, -0.2) is 9.78 Å². The van der Waals surface area contributed by atoms with E-state index in [4.69, 9.17) is 21.3 Å². The molecule has 10 heteroatoms. The zero-order valence-electron chi connectivity index (χ0n) is 25.2. The van der Waals surface area contributed by atoms with Crippen molar-refractivity contribution in [3.63, 3.8) is 0 Å². The summed E-state index contributed by atoms with van der Waals surface area (Å²) in [6.07, 6.45) is 8.56. The van der Waals surface area contributed by atoms with Gasteiger partial charge in [-0.1, -0.05) is 17.7 Å². The average Bonchev–Trinajstić information content (AvgIpc) is 2.99. The number of aromatic nitrogens is 2. The van der Waals surface area contributed by atoms with Crippen LogP contribution < -0.4 is 15.5 Å². The Morgan fingerprint density at radius 3 is 2.26 bits per heavy atom. The minimum atomic E-state index is -0.494. The minimum Gasteiger partial charge on any atom is -0.444 e. The number of alkyl carbamates (subject to hydrolysis) is 1. The Kier molecular flexibility index (Phi) is 9.82. The van der Waals surface area contributed by atoms with Crippen molar-refractivity contribution in [2.75, 3.05) is 31.1 Å². The summed E-state index contributed by atoms with van der Waals surface area (Å²) in [5.74, 6) is 0.894. The fourth-order valence-electron chi connectivity index (χ4n) is 5.61. The first-order valence-electron chi connectivity index (χ1n) is 15.1. The second kappa shape index (κ2) is 13.7. The highest BCUT2D eigenvalue weighted by atomic mass is 35.5. The molecule has 2 aliphatic heterocycles. The fourth-order valence-corrected chi connectivity index (χ4v) is 5.83. The Bertz CT molecular complexity index is 1380. The summed E-state index contributed by atoms with van der Waals surface area (Å²) < 4.78 is 5.39. The fraction of sp³-hybridized carbons (Fsp3) is 0.455. The number of carbonyl (C=O) groups is 2. The van der Waals surface area contributed by atoms with Crippen molar-refractivity contribution in [2.45, 2.75) is 70.7 Å². The van der Waals surface area contributed by atoms with Crippen LogP contribution in [0.1, 0.15) is 62.4 Å². The lowest BCUT2D eigenvalue weighted by atomic mass is 10.0. The molecule has 9 nitrogen and oxygen atoms in total. The molecule has 2 aromatic heterocycles. The van der Waals surface area contributed by atoms with E-state index in [1.807, 2.05) is 45.2 Å². The molecule has 0 atom stereocenters. The van der Waals surface area contributed by atoms with Crippen LogP contribution in [0.15, 0.2) is 61.1 Å². The van der Waals surface area contributed by atoms with Crippen LogP contribution in [0.5, 0.6) is 0 Å². The molecule has 228 valence electrons. The lowest BCUT2D eigenvalue weighted by molar-refractivity contribution is 0.0497. The van der Waals surface area contributed by atoms with E-state index >= 15 is 0 Å². The van der Waals surface area contributed by atoms with E-state index in [9.17, 15) is 9.59 Å². The smallest absolute Gasteiger partial charge is 0.407 e. The van der Waals surface area contributed by atoms with E-state index in [2.05, 4.69) is 37.6 Å². The number of likely N-dealkylation sites (tertiary alicyclic amines) is 1. The predicted octanol–water partition coefficient (Wildman–Crippen LogP) is 5.68. The average molecular weight is 605 g/mol. The van der Waals surface area contributed by atoms with E-state index in [1.54, 1.807) is 24.5 Å². The molecule has 0 bridgehead atoms. The zero-order valence-corrected chi connectivity index (χ0v) is 25.9. The number of nitrogens with one attached hydrogen (secondary N) is 2. The molecule has 0 saturated carbocycles. The van der Waals surface area contributed by atoms with Gasteiger partial charge < -0.3 is 20.3 Å². The van der Waals surface area contributed by atoms with Crippen LogP contribution in [0, 0.1) is 0 Å². The van der Waals surface area contributed by atoms with E-state index in [1.165, 1.54) is 5.56 Å². The van der Waals surface area contributed by atoms with E-state index < -0.39 is 5.60 Å².